The fourth-order valence-corrected chi connectivity index (χ4v) is 4.61. The van der Waals surface area contributed by atoms with Crippen molar-refractivity contribution in [2.24, 2.45) is 0 Å². The van der Waals surface area contributed by atoms with E-state index in [9.17, 15) is 4.79 Å². The van der Waals surface area contributed by atoms with Gasteiger partial charge in [0.2, 0.25) is 5.91 Å². The number of thiazole rings is 1. The Morgan fingerprint density at radius 1 is 1.36 bits per heavy atom. The Bertz CT molecular complexity index is 504. The molecule has 0 bridgehead atoms. The zero-order valence-corrected chi connectivity index (χ0v) is 14.6. The van der Waals surface area contributed by atoms with E-state index in [1.807, 2.05) is 11.7 Å². The van der Waals surface area contributed by atoms with Crippen LogP contribution in [0.5, 0.6) is 0 Å². The normalized spacial score (nSPS) is 28.3. The van der Waals surface area contributed by atoms with Gasteiger partial charge in [-0.05, 0) is 45.6 Å². The number of rotatable bonds is 4. The Hall–Kier alpha value is -0.940. The molecule has 1 aromatic heterocycles. The van der Waals surface area contributed by atoms with E-state index in [0.29, 0.717) is 11.9 Å². The van der Waals surface area contributed by atoms with Crippen LogP contribution in [0.15, 0.2) is 11.7 Å². The van der Waals surface area contributed by atoms with E-state index in [2.05, 4.69) is 28.6 Å². The molecule has 2 fully saturated rings. The van der Waals surface area contributed by atoms with Gasteiger partial charge in [0.25, 0.3) is 0 Å². The number of aromatic nitrogens is 1. The van der Waals surface area contributed by atoms with Gasteiger partial charge in [0, 0.05) is 35.6 Å². The van der Waals surface area contributed by atoms with Crippen LogP contribution in [0.3, 0.4) is 0 Å². The minimum Gasteiger partial charge on any atom is -0.332 e. The van der Waals surface area contributed by atoms with Crippen molar-refractivity contribution in [3.63, 3.8) is 0 Å². The average molecular weight is 321 g/mol. The summed E-state index contributed by atoms with van der Waals surface area (Å²) in [6.07, 6.45) is 8.37. The fourth-order valence-electron chi connectivity index (χ4n) is 4.02. The molecule has 5 heteroatoms. The number of carbonyl (C=O) groups is 1. The highest BCUT2D eigenvalue weighted by Crippen LogP contribution is 2.40. The SMILES string of the molecule is CC[C@@H](C)N1CCC[C@@]2(CCC(=O)N2Cc2cncs2)CC1. The predicted octanol–water partition coefficient (Wildman–Crippen LogP) is 3.29. The second kappa shape index (κ2) is 6.67. The molecule has 4 nitrogen and oxygen atoms in total. The molecular weight excluding hydrogens is 294 g/mol. The molecular formula is C17H27N3OS. The molecule has 1 amide bonds. The van der Waals surface area contributed by atoms with Crippen molar-refractivity contribution >= 4 is 17.2 Å². The van der Waals surface area contributed by atoms with Crippen molar-refractivity contribution in [1.82, 2.24) is 14.8 Å². The Labute approximate surface area is 137 Å². The van der Waals surface area contributed by atoms with E-state index < -0.39 is 0 Å². The summed E-state index contributed by atoms with van der Waals surface area (Å²) in [7, 11) is 0. The first-order valence-corrected chi connectivity index (χ1v) is 9.44. The molecule has 2 aliphatic rings. The fraction of sp³-hybridized carbons (Fsp3) is 0.765. The third-order valence-corrected chi connectivity index (χ3v) is 6.41. The summed E-state index contributed by atoms with van der Waals surface area (Å²) in [6.45, 7) is 7.65. The monoisotopic (exact) mass is 321 g/mol. The highest BCUT2D eigenvalue weighted by atomic mass is 32.1. The second-order valence-corrected chi connectivity index (χ2v) is 7.79. The number of amides is 1. The molecule has 1 aromatic rings. The number of carbonyl (C=O) groups excluding carboxylic acids is 1. The summed E-state index contributed by atoms with van der Waals surface area (Å²) in [6, 6.07) is 0.655. The van der Waals surface area contributed by atoms with Crippen LogP contribution in [0.2, 0.25) is 0 Å². The molecule has 3 rings (SSSR count). The Morgan fingerprint density at radius 2 is 2.23 bits per heavy atom. The zero-order chi connectivity index (χ0) is 15.6. The minimum atomic E-state index is 0.100. The number of hydrogen-bond donors (Lipinski definition) is 0. The van der Waals surface area contributed by atoms with Gasteiger partial charge in [-0.15, -0.1) is 11.3 Å². The van der Waals surface area contributed by atoms with E-state index in [-0.39, 0.29) is 5.54 Å². The van der Waals surface area contributed by atoms with Crippen LogP contribution >= 0.6 is 11.3 Å². The molecule has 0 aromatic carbocycles. The van der Waals surface area contributed by atoms with Crippen molar-refractivity contribution in [3.8, 4) is 0 Å². The molecule has 2 saturated heterocycles. The topological polar surface area (TPSA) is 36.4 Å². The molecule has 0 radical (unpaired) electrons. The number of hydrogen-bond acceptors (Lipinski definition) is 4. The minimum absolute atomic E-state index is 0.100. The molecule has 0 unspecified atom stereocenters. The van der Waals surface area contributed by atoms with Gasteiger partial charge in [-0.1, -0.05) is 6.92 Å². The number of nitrogens with zero attached hydrogens (tertiary/aromatic N) is 3. The van der Waals surface area contributed by atoms with Gasteiger partial charge in [-0.3, -0.25) is 9.78 Å². The van der Waals surface area contributed by atoms with E-state index >= 15 is 0 Å². The molecule has 3 heterocycles. The third-order valence-electron chi connectivity index (χ3n) is 5.64. The highest BCUT2D eigenvalue weighted by molar-refractivity contribution is 7.09. The maximum Gasteiger partial charge on any atom is 0.223 e. The third kappa shape index (κ3) is 3.06. The first kappa shape index (κ1) is 15.9. The lowest BCUT2D eigenvalue weighted by Crippen LogP contribution is -2.46. The first-order chi connectivity index (χ1) is 10.6. The van der Waals surface area contributed by atoms with Gasteiger partial charge < -0.3 is 9.80 Å². The summed E-state index contributed by atoms with van der Waals surface area (Å²) in [5.74, 6) is 0.338. The van der Waals surface area contributed by atoms with E-state index in [1.54, 1.807) is 11.3 Å². The van der Waals surface area contributed by atoms with Gasteiger partial charge >= 0.3 is 0 Å². The Kier molecular flexibility index (Phi) is 4.83. The predicted molar refractivity (Wildman–Crippen MR) is 89.8 cm³/mol. The Morgan fingerprint density at radius 3 is 2.95 bits per heavy atom. The van der Waals surface area contributed by atoms with Crippen LogP contribution in [0, 0.1) is 0 Å². The highest BCUT2D eigenvalue weighted by Gasteiger charge is 2.45. The molecule has 22 heavy (non-hydrogen) atoms. The van der Waals surface area contributed by atoms with Crippen LogP contribution in [0.1, 0.15) is 57.2 Å². The van der Waals surface area contributed by atoms with Gasteiger partial charge in [0.1, 0.15) is 0 Å². The molecule has 2 atom stereocenters. The summed E-state index contributed by atoms with van der Waals surface area (Å²) in [5, 5.41) is 0. The summed E-state index contributed by atoms with van der Waals surface area (Å²) < 4.78 is 0. The molecule has 0 N–H and O–H groups in total. The van der Waals surface area contributed by atoms with E-state index in [0.717, 1.165) is 38.8 Å². The quantitative estimate of drug-likeness (QED) is 0.854. The molecule has 2 aliphatic heterocycles. The largest absolute Gasteiger partial charge is 0.332 e. The average Bonchev–Trinajstić information content (AvgIpc) is 3.07. The van der Waals surface area contributed by atoms with Gasteiger partial charge in [-0.2, -0.15) is 0 Å². The summed E-state index contributed by atoms with van der Waals surface area (Å²) in [5.41, 5.74) is 1.96. The standard InChI is InChI=1S/C17H27N3OS/c1-3-14(2)19-9-4-6-17(8-10-19)7-5-16(21)20(17)12-15-11-18-13-22-15/h11,13-14H,3-10,12H2,1-2H3/t14-,17-/m1/s1. The van der Waals surface area contributed by atoms with Crippen LogP contribution in [0.25, 0.3) is 0 Å². The van der Waals surface area contributed by atoms with Crippen LogP contribution < -0.4 is 0 Å². The maximum absolute atomic E-state index is 12.5. The first-order valence-electron chi connectivity index (χ1n) is 8.56. The van der Waals surface area contributed by atoms with E-state index in [4.69, 9.17) is 0 Å². The van der Waals surface area contributed by atoms with Crippen molar-refractivity contribution < 1.29 is 4.79 Å². The second-order valence-electron chi connectivity index (χ2n) is 6.82. The smallest absolute Gasteiger partial charge is 0.223 e. The molecule has 1 spiro atoms. The summed E-state index contributed by atoms with van der Waals surface area (Å²) in [4.78, 5) is 22.6. The van der Waals surface area contributed by atoms with Crippen LogP contribution in [0.4, 0.5) is 0 Å². The van der Waals surface area contributed by atoms with Gasteiger partial charge in [-0.25, -0.2) is 0 Å². The van der Waals surface area contributed by atoms with Gasteiger partial charge in [0.05, 0.1) is 12.1 Å². The molecule has 0 aliphatic carbocycles. The van der Waals surface area contributed by atoms with Crippen molar-refractivity contribution in [1.29, 1.82) is 0 Å². The van der Waals surface area contributed by atoms with E-state index in [1.165, 1.54) is 24.3 Å². The van der Waals surface area contributed by atoms with Crippen molar-refractivity contribution in [2.75, 3.05) is 13.1 Å². The van der Waals surface area contributed by atoms with Crippen LogP contribution in [-0.2, 0) is 11.3 Å². The maximum atomic E-state index is 12.5. The molecule has 0 saturated carbocycles. The number of likely N-dealkylation sites (tertiary alicyclic amines) is 2. The Balaban J connectivity index is 1.74. The lowest BCUT2D eigenvalue weighted by Gasteiger charge is -2.38. The van der Waals surface area contributed by atoms with Crippen molar-refractivity contribution in [2.45, 2.75) is 70.5 Å². The van der Waals surface area contributed by atoms with Crippen LogP contribution in [-0.4, -0.2) is 45.4 Å². The van der Waals surface area contributed by atoms with Crippen molar-refractivity contribution in [3.05, 3.63) is 16.6 Å². The van der Waals surface area contributed by atoms with Gasteiger partial charge in [0.15, 0.2) is 0 Å². The lowest BCUT2D eigenvalue weighted by atomic mass is 9.87. The molecule has 122 valence electrons. The lowest BCUT2D eigenvalue weighted by molar-refractivity contribution is -0.132. The summed E-state index contributed by atoms with van der Waals surface area (Å²) >= 11 is 1.66. The zero-order valence-electron chi connectivity index (χ0n) is 13.8.